The van der Waals surface area contributed by atoms with Gasteiger partial charge in [-0.25, -0.2) is 0 Å². The highest BCUT2D eigenvalue weighted by atomic mass is 35.5. The van der Waals surface area contributed by atoms with Crippen LogP contribution in [0.2, 0.25) is 5.02 Å². The first kappa shape index (κ1) is 26.7. The number of nitrogens with one attached hydrogen (secondary N) is 2. The molecule has 39 heavy (non-hydrogen) atoms. The van der Waals surface area contributed by atoms with Gasteiger partial charge in [-0.3, -0.25) is 9.78 Å². The largest absolute Gasteiger partial charge is 0.494 e. The van der Waals surface area contributed by atoms with Crippen molar-refractivity contribution in [2.45, 2.75) is 32.9 Å². The van der Waals surface area contributed by atoms with E-state index in [0.717, 1.165) is 28.5 Å². The summed E-state index contributed by atoms with van der Waals surface area (Å²) in [4.78, 5) is 19.0. The smallest absolute Gasteiger partial charge is 0.226 e. The van der Waals surface area contributed by atoms with Gasteiger partial charge in [-0.2, -0.15) is 0 Å². The molecule has 4 aromatic rings. The number of ether oxygens (including phenoxy) is 1. The number of hydrogen-bond acceptors (Lipinski definition) is 4. The summed E-state index contributed by atoms with van der Waals surface area (Å²) in [5.41, 5.74) is 4.27. The molecule has 1 fully saturated rings. The first-order valence-electron chi connectivity index (χ1n) is 12.9. The van der Waals surface area contributed by atoms with E-state index in [4.69, 9.17) is 28.6 Å². The second-order valence-corrected chi connectivity index (χ2v) is 10.3. The predicted molar refractivity (Wildman–Crippen MR) is 160 cm³/mol. The number of hydrogen-bond donors (Lipinski definition) is 2. The van der Waals surface area contributed by atoms with Crippen LogP contribution in [0.5, 0.6) is 5.75 Å². The molecule has 0 aliphatic carbocycles. The lowest BCUT2D eigenvalue weighted by molar-refractivity contribution is -0.118. The van der Waals surface area contributed by atoms with Crippen molar-refractivity contribution < 1.29 is 9.53 Å². The number of halogens is 1. The number of pyridine rings is 1. The number of thiocarbonyl (C=S) groups is 1. The van der Waals surface area contributed by atoms with Crippen molar-refractivity contribution in [3.8, 4) is 11.4 Å². The van der Waals surface area contributed by atoms with Gasteiger partial charge in [0.1, 0.15) is 11.8 Å². The highest BCUT2D eigenvalue weighted by Gasteiger charge is 2.42. The third-order valence-corrected chi connectivity index (χ3v) is 7.25. The molecule has 0 unspecified atom stereocenters. The Kier molecular flexibility index (Phi) is 7.86. The Bertz CT molecular complexity index is 1470. The summed E-state index contributed by atoms with van der Waals surface area (Å²) in [6.07, 6.45) is 3.83. The van der Waals surface area contributed by atoms with E-state index in [2.05, 4.69) is 31.2 Å². The fraction of sp³-hybridized carbons (Fsp3) is 0.233. The Labute approximate surface area is 238 Å². The number of nitrogens with zero attached hydrogens (tertiary/aromatic N) is 3. The summed E-state index contributed by atoms with van der Waals surface area (Å²) in [5, 5.41) is 7.38. The predicted octanol–water partition coefficient (Wildman–Crippen LogP) is 6.70. The first-order chi connectivity index (χ1) is 18.9. The van der Waals surface area contributed by atoms with Gasteiger partial charge in [0.2, 0.25) is 5.91 Å². The number of rotatable bonds is 8. The molecule has 0 spiro atoms. The number of carbonyl (C=O) groups excluding carboxylic acids is 1. The number of benzene rings is 2. The molecule has 1 amide bonds. The zero-order valence-corrected chi connectivity index (χ0v) is 23.5. The highest BCUT2D eigenvalue weighted by molar-refractivity contribution is 7.80. The minimum Gasteiger partial charge on any atom is -0.494 e. The molecule has 0 radical (unpaired) electrons. The van der Waals surface area contributed by atoms with E-state index in [0.29, 0.717) is 22.4 Å². The molecule has 200 valence electrons. The van der Waals surface area contributed by atoms with E-state index < -0.39 is 0 Å². The van der Waals surface area contributed by atoms with Gasteiger partial charge in [0.05, 0.1) is 29.1 Å². The van der Waals surface area contributed by atoms with E-state index in [1.165, 1.54) is 0 Å². The Morgan fingerprint density at radius 1 is 1.10 bits per heavy atom. The molecular formula is C30H30ClN5O2S. The molecule has 9 heteroatoms. The summed E-state index contributed by atoms with van der Waals surface area (Å²) in [6, 6.07) is 23.1. The minimum absolute atomic E-state index is 0.0933. The normalized spacial score (nSPS) is 16.8. The number of anilines is 2. The second-order valence-electron chi connectivity index (χ2n) is 9.53. The molecule has 1 aliphatic rings. The highest BCUT2D eigenvalue weighted by Crippen LogP contribution is 2.43. The maximum Gasteiger partial charge on any atom is 0.226 e. The van der Waals surface area contributed by atoms with Gasteiger partial charge in [-0.15, -0.1) is 0 Å². The van der Waals surface area contributed by atoms with Crippen LogP contribution in [0, 0.1) is 5.92 Å². The van der Waals surface area contributed by atoms with Crippen LogP contribution in [0.4, 0.5) is 11.4 Å². The first-order valence-corrected chi connectivity index (χ1v) is 13.7. The maximum atomic E-state index is 12.3. The number of aromatic nitrogens is 2. The lowest BCUT2D eigenvalue weighted by Gasteiger charge is -2.29. The zero-order chi connectivity index (χ0) is 27.5. The average molecular weight is 560 g/mol. The van der Waals surface area contributed by atoms with E-state index in [9.17, 15) is 4.79 Å². The van der Waals surface area contributed by atoms with Crippen LogP contribution in [0.25, 0.3) is 5.69 Å². The van der Waals surface area contributed by atoms with Crippen LogP contribution < -0.4 is 20.3 Å². The molecule has 0 saturated carbocycles. The lowest BCUT2D eigenvalue weighted by atomic mass is 10.0. The quantitative estimate of drug-likeness (QED) is 0.234. The van der Waals surface area contributed by atoms with Crippen LogP contribution in [0.1, 0.15) is 44.2 Å². The van der Waals surface area contributed by atoms with E-state index in [1.807, 2.05) is 93.7 Å². The van der Waals surface area contributed by atoms with Crippen LogP contribution in [0.3, 0.4) is 0 Å². The lowest BCUT2D eigenvalue weighted by Crippen LogP contribution is -2.30. The zero-order valence-electron chi connectivity index (χ0n) is 22.0. The molecule has 3 heterocycles. The van der Waals surface area contributed by atoms with Gasteiger partial charge in [-0.1, -0.05) is 31.5 Å². The average Bonchev–Trinajstić information content (AvgIpc) is 3.55. The summed E-state index contributed by atoms with van der Waals surface area (Å²) >= 11 is 12.5. The van der Waals surface area contributed by atoms with Gasteiger partial charge in [-0.05, 0) is 85.9 Å². The Morgan fingerprint density at radius 3 is 2.54 bits per heavy atom. The Hall–Kier alpha value is -3.88. The molecule has 2 aromatic carbocycles. The van der Waals surface area contributed by atoms with Crippen molar-refractivity contribution in [2.24, 2.45) is 5.92 Å². The fourth-order valence-electron chi connectivity index (χ4n) is 4.71. The standard InChI is InChI=1S/C30H30ClN5O2S/c1-4-38-22-13-10-20(11-14-22)35-17-7-9-26(35)28-27(25-8-5-6-16-32-25)34-30(39)36(28)21-12-15-24(23(31)18-21)33-29(37)19(2)3/h5-19,27-28H,4H2,1-3H3,(H,33,37)(H,34,39)/t27-,28-/m1/s1. The molecule has 1 saturated heterocycles. The summed E-state index contributed by atoms with van der Waals surface area (Å²) in [7, 11) is 0. The Morgan fingerprint density at radius 2 is 1.87 bits per heavy atom. The third-order valence-electron chi connectivity index (χ3n) is 6.62. The molecule has 2 N–H and O–H groups in total. The van der Waals surface area contributed by atoms with Crippen molar-refractivity contribution in [1.29, 1.82) is 0 Å². The van der Waals surface area contributed by atoms with E-state index >= 15 is 0 Å². The number of amides is 1. The van der Waals surface area contributed by atoms with Crippen LogP contribution >= 0.6 is 23.8 Å². The summed E-state index contributed by atoms with van der Waals surface area (Å²) in [5.74, 6) is 0.574. The molecule has 2 aromatic heterocycles. The molecule has 7 nitrogen and oxygen atoms in total. The summed E-state index contributed by atoms with van der Waals surface area (Å²) in [6.45, 7) is 6.27. The van der Waals surface area contributed by atoms with Crippen LogP contribution in [0.15, 0.2) is 85.2 Å². The van der Waals surface area contributed by atoms with Crippen LogP contribution in [-0.2, 0) is 4.79 Å². The van der Waals surface area contributed by atoms with Crippen LogP contribution in [-0.4, -0.2) is 27.2 Å². The summed E-state index contributed by atoms with van der Waals surface area (Å²) < 4.78 is 7.79. The van der Waals surface area contributed by atoms with E-state index in [1.54, 1.807) is 6.20 Å². The molecule has 1 aliphatic heterocycles. The monoisotopic (exact) mass is 559 g/mol. The van der Waals surface area contributed by atoms with Gasteiger partial charge < -0.3 is 24.8 Å². The molecule has 2 atom stereocenters. The van der Waals surface area contributed by atoms with E-state index in [-0.39, 0.29) is 23.9 Å². The van der Waals surface area contributed by atoms with Crippen molar-refractivity contribution in [2.75, 3.05) is 16.8 Å². The third kappa shape index (κ3) is 5.48. The second kappa shape index (κ2) is 11.5. The van der Waals surface area contributed by atoms with Crippen molar-refractivity contribution in [3.63, 3.8) is 0 Å². The van der Waals surface area contributed by atoms with Gasteiger partial charge >= 0.3 is 0 Å². The number of carbonyl (C=O) groups is 1. The molecule has 0 bridgehead atoms. The van der Waals surface area contributed by atoms with Crippen molar-refractivity contribution >= 4 is 46.2 Å². The van der Waals surface area contributed by atoms with Gasteiger partial charge in [0, 0.05) is 35.4 Å². The maximum absolute atomic E-state index is 12.3. The molecule has 5 rings (SSSR count). The SMILES string of the molecule is CCOc1ccc(-n2cccc2[C@@H]2[C@@H](c3ccccn3)NC(=S)N2c2ccc(NC(=O)C(C)C)c(Cl)c2)cc1. The van der Waals surface area contributed by atoms with Gasteiger partial charge in [0.15, 0.2) is 5.11 Å². The molecular weight excluding hydrogens is 530 g/mol. The minimum atomic E-state index is -0.235. The Balaban J connectivity index is 1.57. The fourth-order valence-corrected chi connectivity index (χ4v) is 5.27. The topological polar surface area (TPSA) is 71.4 Å². The van der Waals surface area contributed by atoms with Crippen molar-refractivity contribution in [3.05, 3.63) is 102 Å². The van der Waals surface area contributed by atoms with Crippen molar-refractivity contribution in [1.82, 2.24) is 14.9 Å². The van der Waals surface area contributed by atoms with Gasteiger partial charge in [0.25, 0.3) is 0 Å².